The smallest absolute Gasteiger partial charge is 0.159 e. The summed E-state index contributed by atoms with van der Waals surface area (Å²) in [5, 5.41) is 4.88. The third-order valence-electron chi connectivity index (χ3n) is 4.24. The zero-order chi connectivity index (χ0) is 17.7. The van der Waals surface area contributed by atoms with Crippen molar-refractivity contribution in [3.05, 3.63) is 65.5 Å². The third-order valence-corrected chi connectivity index (χ3v) is 5.03. The molecule has 0 aliphatic carbocycles. The van der Waals surface area contributed by atoms with E-state index in [2.05, 4.69) is 34.2 Å². The molecule has 1 aromatic heterocycles. The molecule has 1 aliphatic rings. The van der Waals surface area contributed by atoms with Crippen LogP contribution in [-0.2, 0) is 17.0 Å². The van der Waals surface area contributed by atoms with Crippen molar-refractivity contribution < 1.29 is 4.84 Å². The van der Waals surface area contributed by atoms with Gasteiger partial charge in [-0.2, -0.15) is 0 Å². The van der Waals surface area contributed by atoms with Crippen LogP contribution in [0.2, 0.25) is 0 Å². The van der Waals surface area contributed by atoms with Gasteiger partial charge < -0.3 is 10.6 Å². The van der Waals surface area contributed by atoms with Gasteiger partial charge in [0.25, 0.3) is 0 Å². The van der Waals surface area contributed by atoms with E-state index >= 15 is 0 Å². The molecule has 1 unspecified atom stereocenters. The normalized spacial score (nSPS) is 20.9. The molecule has 2 heterocycles. The summed E-state index contributed by atoms with van der Waals surface area (Å²) in [5.41, 5.74) is 9.49. The van der Waals surface area contributed by atoms with Crippen LogP contribution in [-0.4, -0.2) is 21.6 Å². The van der Waals surface area contributed by atoms with Crippen molar-refractivity contribution in [3.8, 4) is 0 Å². The zero-order valence-corrected chi connectivity index (χ0v) is 15.3. The number of nitrogens with two attached hydrogens (primary N) is 1. The van der Waals surface area contributed by atoms with Gasteiger partial charge in [-0.3, -0.25) is 9.98 Å². The Morgan fingerprint density at radius 1 is 1.32 bits per heavy atom. The van der Waals surface area contributed by atoms with Gasteiger partial charge in [-0.1, -0.05) is 41.2 Å². The summed E-state index contributed by atoms with van der Waals surface area (Å²) in [5.74, 6) is 0.982. The summed E-state index contributed by atoms with van der Waals surface area (Å²) in [7, 11) is 0. The maximum absolute atomic E-state index is 5.93. The van der Waals surface area contributed by atoms with Gasteiger partial charge in [-0.15, -0.1) is 0 Å². The summed E-state index contributed by atoms with van der Waals surface area (Å²) in [4.78, 5) is 14.3. The summed E-state index contributed by atoms with van der Waals surface area (Å²) < 4.78 is 0. The highest BCUT2D eigenvalue weighted by atomic mass is 32.2. The highest BCUT2D eigenvalue weighted by molar-refractivity contribution is 8.13. The monoisotopic (exact) mass is 354 g/mol. The topological polar surface area (TPSA) is 72.9 Å². The molecule has 130 valence electrons. The quantitative estimate of drug-likeness (QED) is 0.656. The largest absolute Gasteiger partial charge is 0.389 e. The molecule has 0 spiro atoms. The van der Waals surface area contributed by atoms with Crippen LogP contribution in [0.4, 0.5) is 0 Å². The van der Waals surface area contributed by atoms with Crippen molar-refractivity contribution in [1.82, 2.24) is 4.98 Å². The minimum atomic E-state index is -0.277. The number of thioether (sulfide) groups is 1. The minimum absolute atomic E-state index is 0.277. The Kier molecular flexibility index (Phi) is 5.38. The van der Waals surface area contributed by atoms with E-state index in [-0.39, 0.29) is 5.54 Å². The molecule has 0 fully saturated rings. The SMILES string of the molecule is CC(=NOCc1ccccn1)c1cccc(C2(C)CCSC(N)=N2)c1. The number of oxime groups is 1. The van der Waals surface area contributed by atoms with Crippen LogP contribution >= 0.6 is 11.8 Å². The number of rotatable bonds is 5. The van der Waals surface area contributed by atoms with Crippen molar-refractivity contribution in [2.24, 2.45) is 15.9 Å². The van der Waals surface area contributed by atoms with Crippen LogP contribution in [0.25, 0.3) is 0 Å². The number of benzene rings is 1. The number of amidine groups is 1. The summed E-state index contributed by atoms with van der Waals surface area (Å²) in [6, 6.07) is 14.0. The van der Waals surface area contributed by atoms with E-state index in [0.717, 1.165) is 34.7 Å². The van der Waals surface area contributed by atoms with Crippen molar-refractivity contribution in [2.45, 2.75) is 32.4 Å². The van der Waals surface area contributed by atoms with Gasteiger partial charge in [0.05, 0.1) is 16.9 Å². The van der Waals surface area contributed by atoms with Crippen LogP contribution in [0.1, 0.15) is 37.1 Å². The van der Waals surface area contributed by atoms with E-state index in [9.17, 15) is 0 Å². The molecule has 2 N–H and O–H groups in total. The van der Waals surface area contributed by atoms with Crippen LogP contribution < -0.4 is 5.73 Å². The molecule has 25 heavy (non-hydrogen) atoms. The summed E-state index contributed by atoms with van der Waals surface area (Å²) in [6.07, 6.45) is 2.71. The fourth-order valence-corrected chi connectivity index (χ4v) is 3.68. The third kappa shape index (κ3) is 4.39. The lowest BCUT2D eigenvalue weighted by molar-refractivity contribution is 0.128. The lowest BCUT2D eigenvalue weighted by atomic mass is 9.88. The lowest BCUT2D eigenvalue weighted by Crippen LogP contribution is -2.28. The fourth-order valence-electron chi connectivity index (χ4n) is 2.71. The number of aromatic nitrogens is 1. The van der Waals surface area contributed by atoms with E-state index in [1.165, 1.54) is 0 Å². The summed E-state index contributed by atoms with van der Waals surface area (Å²) >= 11 is 1.61. The average molecular weight is 354 g/mol. The average Bonchev–Trinajstić information content (AvgIpc) is 2.62. The Balaban J connectivity index is 1.74. The zero-order valence-electron chi connectivity index (χ0n) is 14.5. The first kappa shape index (κ1) is 17.5. The number of pyridine rings is 1. The second kappa shape index (κ2) is 7.70. The second-order valence-corrected chi connectivity index (χ2v) is 7.29. The van der Waals surface area contributed by atoms with Crippen LogP contribution in [0.15, 0.2) is 58.8 Å². The maximum Gasteiger partial charge on any atom is 0.159 e. The number of aliphatic imine (C=N–C) groups is 1. The molecule has 0 amide bonds. The Morgan fingerprint density at radius 3 is 2.96 bits per heavy atom. The van der Waals surface area contributed by atoms with Gasteiger partial charge in [-0.05, 0) is 49.6 Å². The van der Waals surface area contributed by atoms with Gasteiger partial charge in [0, 0.05) is 11.9 Å². The Morgan fingerprint density at radius 2 is 2.20 bits per heavy atom. The van der Waals surface area contributed by atoms with Gasteiger partial charge >= 0.3 is 0 Å². The molecule has 0 radical (unpaired) electrons. The van der Waals surface area contributed by atoms with Crippen molar-refractivity contribution in [1.29, 1.82) is 0 Å². The highest BCUT2D eigenvalue weighted by Crippen LogP contribution is 2.35. The van der Waals surface area contributed by atoms with E-state index in [0.29, 0.717) is 11.8 Å². The van der Waals surface area contributed by atoms with E-state index in [4.69, 9.17) is 10.6 Å². The highest BCUT2D eigenvalue weighted by Gasteiger charge is 2.29. The van der Waals surface area contributed by atoms with E-state index < -0.39 is 0 Å². The molecular formula is C19H22N4OS. The first-order chi connectivity index (χ1) is 12.1. The van der Waals surface area contributed by atoms with Crippen molar-refractivity contribution in [2.75, 3.05) is 5.75 Å². The summed E-state index contributed by atoms with van der Waals surface area (Å²) in [6.45, 7) is 4.42. The molecule has 1 atom stereocenters. The Labute approximate surface area is 152 Å². The standard InChI is InChI=1S/C19H22N4OS/c1-14(23-24-13-17-8-3-4-10-21-17)15-6-5-7-16(12-15)19(2)9-11-25-18(20)22-19/h3-8,10,12H,9,11,13H2,1-2H3,(H2,20,22). The molecular weight excluding hydrogens is 332 g/mol. The molecule has 1 aliphatic heterocycles. The van der Waals surface area contributed by atoms with Gasteiger partial charge in [0.15, 0.2) is 11.8 Å². The van der Waals surface area contributed by atoms with Crippen LogP contribution in [0.5, 0.6) is 0 Å². The van der Waals surface area contributed by atoms with Gasteiger partial charge in [-0.25, -0.2) is 0 Å². The molecule has 0 bridgehead atoms. The minimum Gasteiger partial charge on any atom is -0.389 e. The molecule has 2 aromatic rings. The van der Waals surface area contributed by atoms with Gasteiger partial charge in [0.1, 0.15) is 0 Å². The Bertz CT molecular complexity index is 791. The number of hydrogen-bond acceptors (Lipinski definition) is 6. The molecule has 1 aromatic carbocycles. The first-order valence-corrected chi connectivity index (χ1v) is 9.21. The van der Waals surface area contributed by atoms with Gasteiger partial charge in [0.2, 0.25) is 0 Å². The lowest BCUT2D eigenvalue weighted by Gasteiger charge is -2.30. The molecule has 5 nitrogen and oxygen atoms in total. The Hall–Kier alpha value is -2.34. The van der Waals surface area contributed by atoms with E-state index in [1.54, 1.807) is 18.0 Å². The number of hydrogen-bond donors (Lipinski definition) is 1. The van der Waals surface area contributed by atoms with Crippen LogP contribution in [0.3, 0.4) is 0 Å². The fraction of sp³-hybridized carbons (Fsp3) is 0.316. The maximum atomic E-state index is 5.93. The molecule has 0 saturated carbocycles. The van der Waals surface area contributed by atoms with E-state index in [1.807, 2.05) is 37.3 Å². The predicted octanol–water partition coefficient (Wildman–Crippen LogP) is 3.69. The number of nitrogens with zero attached hydrogens (tertiary/aromatic N) is 3. The molecule has 0 saturated heterocycles. The van der Waals surface area contributed by atoms with Crippen LogP contribution in [0, 0.1) is 0 Å². The second-order valence-electron chi connectivity index (χ2n) is 6.17. The predicted molar refractivity (Wildman–Crippen MR) is 104 cm³/mol. The first-order valence-electron chi connectivity index (χ1n) is 8.22. The van der Waals surface area contributed by atoms with Crippen molar-refractivity contribution >= 4 is 22.6 Å². The molecule has 3 rings (SSSR count). The van der Waals surface area contributed by atoms with Crippen molar-refractivity contribution in [3.63, 3.8) is 0 Å². The molecule has 6 heteroatoms.